The van der Waals surface area contributed by atoms with Crippen LogP contribution in [0.4, 0.5) is 0 Å². The lowest BCUT2D eigenvalue weighted by molar-refractivity contribution is -0.166. The van der Waals surface area contributed by atoms with Gasteiger partial charge in [-0.25, -0.2) is 5.06 Å². The molecule has 0 bridgehead atoms. The molecule has 0 fully saturated rings. The van der Waals surface area contributed by atoms with Crippen molar-refractivity contribution in [2.75, 3.05) is 7.05 Å². The van der Waals surface area contributed by atoms with Crippen molar-refractivity contribution in [3.8, 4) is 0 Å². The highest BCUT2D eigenvalue weighted by atomic mass is 16.5. The van der Waals surface area contributed by atoms with E-state index in [4.69, 9.17) is 0 Å². The molecule has 1 aromatic carbocycles. The highest BCUT2D eigenvalue weighted by molar-refractivity contribution is 5.89. The molecule has 156 valence electrons. The minimum absolute atomic E-state index is 0.284. The van der Waals surface area contributed by atoms with Gasteiger partial charge in [-0.2, -0.15) is 0 Å². The van der Waals surface area contributed by atoms with E-state index in [1.165, 1.54) is 7.05 Å². The van der Waals surface area contributed by atoms with Crippen molar-refractivity contribution in [2.24, 2.45) is 11.3 Å². The van der Waals surface area contributed by atoms with Crippen molar-refractivity contribution < 1.29 is 19.6 Å². The van der Waals surface area contributed by atoms with Gasteiger partial charge >= 0.3 is 0 Å². The molecule has 0 aliphatic heterocycles. The summed E-state index contributed by atoms with van der Waals surface area (Å²) in [7, 11) is 1.52. The van der Waals surface area contributed by atoms with Gasteiger partial charge in [-0.1, -0.05) is 51.1 Å². The summed E-state index contributed by atoms with van der Waals surface area (Å²) in [5.74, 6) is -1.29. The van der Waals surface area contributed by atoms with Crippen molar-refractivity contribution in [1.29, 1.82) is 0 Å². The number of benzene rings is 1. The molecule has 1 rings (SSSR count). The van der Waals surface area contributed by atoms with Crippen molar-refractivity contribution >= 4 is 18.2 Å². The van der Waals surface area contributed by atoms with Crippen LogP contribution in [0.25, 0.3) is 0 Å². The van der Waals surface area contributed by atoms with E-state index in [0.29, 0.717) is 24.3 Å². The number of carbonyl (C=O) groups excluding carboxylic acids is 3. The van der Waals surface area contributed by atoms with Crippen LogP contribution < -0.4 is 10.6 Å². The number of aryl methyl sites for hydroxylation is 1. The van der Waals surface area contributed by atoms with Gasteiger partial charge in [0.1, 0.15) is 6.04 Å². The van der Waals surface area contributed by atoms with E-state index in [1.54, 1.807) is 6.92 Å². The number of nitrogens with zero attached hydrogens (tertiary/aromatic N) is 1. The second-order valence-electron chi connectivity index (χ2n) is 8.13. The summed E-state index contributed by atoms with van der Waals surface area (Å²) in [6, 6.07) is 8.46. The number of likely N-dealkylation sites (N-methyl/N-ethyl adjacent to an activating group) is 1. The summed E-state index contributed by atoms with van der Waals surface area (Å²) in [6.07, 6.45) is 2.25. The van der Waals surface area contributed by atoms with Crippen LogP contribution in [-0.2, 0) is 20.8 Å². The van der Waals surface area contributed by atoms with E-state index < -0.39 is 23.4 Å². The third-order valence-electron chi connectivity index (χ3n) is 4.93. The molecule has 0 saturated heterocycles. The summed E-state index contributed by atoms with van der Waals surface area (Å²) < 4.78 is 0. The average molecular weight is 392 g/mol. The Bertz CT molecular complexity index is 643. The summed E-state index contributed by atoms with van der Waals surface area (Å²) in [4.78, 5) is 36.2. The lowest BCUT2D eigenvalue weighted by atomic mass is 9.85. The predicted molar refractivity (Wildman–Crippen MR) is 107 cm³/mol. The van der Waals surface area contributed by atoms with Gasteiger partial charge in [-0.3, -0.25) is 19.6 Å². The molecule has 0 aliphatic carbocycles. The van der Waals surface area contributed by atoms with E-state index in [0.717, 1.165) is 12.0 Å². The van der Waals surface area contributed by atoms with Gasteiger partial charge < -0.3 is 10.6 Å². The molecule has 1 aromatic rings. The highest BCUT2D eigenvalue weighted by Crippen LogP contribution is 2.22. The molecule has 0 spiro atoms. The van der Waals surface area contributed by atoms with Crippen LogP contribution in [0.1, 0.15) is 46.1 Å². The molecule has 7 heteroatoms. The van der Waals surface area contributed by atoms with Crippen molar-refractivity contribution in [2.45, 2.75) is 59.0 Å². The Kier molecular flexibility index (Phi) is 9.12. The predicted octanol–water partition coefficient (Wildman–Crippen LogP) is 2.14. The summed E-state index contributed by atoms with van der Waals surface area (Å²) in [5, 5.41) is 15.7. The topological polar surface area (TPSA) is 98.7 Å². The minimum atomic E-state index is -0.725. The van der Waals surface area contributed by atoms with Crippen LogP contribution >= 0.6 is 0 Å². The highest BCUT2D eigenvalue weighted by Gasteiger charge is 2.36. The summed E-state index contributed by atoms with van der Waals surface area (Å²) in [6.45, 7) is 7.22. The normalized spacial score (nSPS) is 14.5. The standard InChI is InChI=1S/C21H33N3O4/c1-15(24(28)14-25)17(13-9-12-16-10-7-6-8-11-16)19(26)23-18(20(27)22-5)21(2,3)4/h6-8,10-11,14-15,17-18,28H,9,12-13H2,1-5H3,(H,22,27)(H,23,26)/t15-,17+,18-/m1/s1. The molecule has 0 unspecified atom stereocenters. The first kappa shape index (κ1) is 23.6. The van der Waals surface area contributed by atoms with Gasteiger partial charge in [-0.15, -0.1) is 0 Å². The Labute approximate surface area is 167 Å². The number of amides is 3. The van der Waals surface area contributed by atoms with Gasteiger partial charge in [0.25, 0.3) is 0 Å². The van der Waals surface area contributed by atoms with Crippen molar-refractivity contribution in [3.63, 3.8) is 0 Å². The number of hydrogen-bond acceptors (Lipinski definition) is 4. The van der Waals surface area contributed by atoms with Gasteiger partial charge in [0.2, 0.25) is 18.2 Å². The summed E-state index contributed by atoms with van der Waals surface area (Å²) >= 11 is 0. The average Bonchev–Trinajstić information content (AvgIpc) is 2.67. The molecular formula is C21H33N3O4. The van der Waals surface area contributed by atoms with E-state index in [2.05, 4.69) is 10.6 Å². The molecule has 3 atom stereocenters. The lowest BCUT2D eigenvalue weighted by Gasteiger charge is -2.33. The van der Waals surface area contributed by atoms with Crippen LogP contribution in [-0.4, -0.2) is 47.6 Å². The Balaban J connectivity index is 2.91. The summed E-state index contributed by atoms with van der Waals surface area (Å²) in [5.41, 5.74) is 0.667. The third kappa shape index (κ3) is 6.96. The minimum Gasteiger partial charge on any atom is -0.357 e. The van der Waals surface area contributed by atoms with Gasteiger partial charge in [-0.05, 0) is 37.2 Å². The largest absolute Gasteiger partial charge is 0.357 e. The monoisotopic (exact) mass is 391 g/mol. The Morgan fingerprint density at radius 3 is 2.29 bits per heavy atom. The molecule has 0 aliphatic rings. The van der Waals surface area contributed by atoms with Crippen LogP contribution in [0.3, 0.4) is 0 Å². The first-order valence-electron chi connectivity index (χ1n) is 9.60. The Morgan fingerprint density at radius 1 is 1.18 bits per heavy atom. The van der Waals surface area contributed by atoms with Crippen LogP contribution in [0, 0.1) is 11.3 Å². The molecule has 0 aromatic heterocycles. The molecule has 3 amide bonds. The third-order valence-corrected chi connectivity index (χ3v) is 4.93. The second-order valence-corrected chi connectivity index (χ2v) is 8.13. The first-order valence-corrected chi connectivity index (χ1v) is 9.60. The fraction of sp³-hybridized carbons (Fsp3) is 0.571. The van der Waals surface area contributed by atoms with E-state index in [-0.39, 0.29) is 11.8 Å². The first-order chi connectivity index (χ1) is 13.1. The Morgan fingerprint density at radius 2 is 1.79 bits per heavy atom. The van der Waals surface area contributed by atoms with Crippen molar-refractivity contribution in [3.05, 3.63) is 35.9 Å². The number of carbonyl (C=O) groups is 3. The molecule has 0 saturated carbocycles. The number of rotatable bonds is 10. The lowest BCUT2D eigenvalue weighted by Crippen LogP contribution is -2.56. The maximum atomic E-state index is 13.0. The van der Waals surface area contributed by atoms with Gasteiger partial charge in [0.05, 0.1) is 12.0 Å². The molecule has 3 N–H and O–H groups in total. The van der Waals surface area contributed by atoms with E-state index >= 15 is 0 Å². The zero-order chi connectivity index (χ0) is 21.3. The zero-order valence-electron chi connectivity index (χ0n) is 17.4. The quantitative estimate of drug-likeness (QED) is 0.323. The van der Waals surface area contributed by atoms with Gasteiger partial charge in [0, 0.05) is 7.05 Å². The Hall–Kier alpha value is -2.41. The maximum absolute atomic E-state index is 13.0. The molecule has 0 heterocycles. The SMILES string of the molecule is CNC(=O)[C@@H](NC(=O)[C@@H](CCCc1ccccc1)[C@@H](C)N(O)C=O)C(C)(C)C. The molecule has 7 nitrogen and oxygen atoms in total. The van der Waals surface area contributed by atoms with Gasteiger partial charge in [0.15, 0.2) is 0 Å². The molecule has 0 radical (unpaired) electrons. The number of hydroxylamine groups is 2. The smallest absolute Gasteiger partial charge is 0.242 e. The fourth-order valence-electron chi connectivity index (χ4n) is 3.11. The number of nitrogens with one attached hydrogen (secondary N) is 2. The zero-order valence-corrected chi connectivity index (χ0v) is 17.4. The van der Waals surface area contributed by atoms with Crippen LogP contribution in [0.5, 0.6) is 0 Å². The molecular weight excluding hydrogens is 358 g/mol. The van der Waals surface area contributed by atoms with Crippen LogP contribution in [0.2, 0.25) is 0 Å². The van der Waals surface area contributed by atoms with E-state index in [9.17, 15) is 19.6 Å². The second kappa shape index (κ2) is 10.8. The molecule has 28 heavy (non-hydrogen) atoms. The number of hydrogen-bond donors (Lipinski definition) is 3. The maximum Gasteiger partial charge on any atom is 0.242 e. The van der Waals surface area contributed by atoms with E-state index in [1.807, 2.05) is 51.1 Å². The fourth-order valence-corrected chi connectivity index (χ4v) is 3.11. The van der Waals surface area contributed by atoms with Crippen LogP contribution in [0.15, 0.2) is 30.3 Å². The van der Waals surface area contributed by atoms with Crippen molar-refractivity contribution in [1.82, 2.24) is 15.7 Å².